The van der Waals surface area contributed by atoms with E-state index in [0.29, 0.717) is 17.0 Å². The van der Waals surface area contributed by atoms with E-state index in [1.54, 1.807) is 6.07 Å². The molecule has 1 aliphatic carbocycles. The molecule has 102 valence electrons. The summed E-state index contributed by atoms with van der Waals surface area (Å²) in [6, 6.07) is 3.84. The summed E-state index contributed by atoms with van der Waals surface area (Å²) in [5.74, 6) is -0.438. The van der Waals surface area contributed by atoms with E-state index in [2.05, 4.69) is 21.2 Å². The van der Waals surface area contributed by atoms with E-state index in [-0.39, 0.29) is 29.7 Å². The minimum Gasteiger partial charge on any atom is -0.376 e. The molecule has 1 aliphatic heterocycles. The molecule has 0 aromatic heterocycles. The van der Waals surface area contributed by atoms with Gasteiger partial charge in [0, 0.05) is 28.6 Å². The highest BCUT2D eigenvalue weighted by Crippen LogP contribution is 2.37. The van der Waals surface area contributed by atoms with E-state index in [9.17, 15) is 9.18 Å². The Morgan fingerprint density at radius 3 is 3.00 bits per heavy atom. The zero-order valence-electron chi connectivity index (χ0n) is 10.1. The summed E-state index contributed by atoms with van der Waals surface area (Å²) in [7, 11) is 0. The number of nitrogens with one attached hydrogen (secondary N) is 1. The highest BCUT2D eigenvalue weighted by atomic mass is 79.9. The van der Waals surface area contributed by atoms with Gasteiger partial charge in [0.2, 0.25) is 0 Å². The van der Waals surface area contributed by atoms with Crippen LogP contribution in [0.5, 0.6) is 0 Å². The Labute approximate surface area is 118 Å². The first-order valence-corrected chi connectivity index (χ1v) is 7.00. The molecule has 3 N–H and O–H groups in total. The molecule has 1 amide bonds. The summed E-state index contributed by atoms with van der Waals surface area (Å²) in [5, 5.41) is 2.83. The SMILES string of the molecule is NC1C2CCOC2C1NC(=O)c1cc(F)cc(Br)c1. The average molecular weight is 329 g/mol. The molecule has 1 saturated heterocycles. The second kappa shape index (κ2) is 4.85. The van der Waals surface area contributed by atoms with Gasteiger partial charge in [-0.05, 0) is 24.6 Å². The van der Waals surface area contributed by atoms with Gasteiger partial charge in [-0.2, -0.15) is 0 Å². The Morgan fingerprint density at radius 2 is 2.26 bits per heavy atom. The Kier molecular flexibility index (Phi) is 3.32. The minimum absolute atomic E-state index is 0.0101. The van der Waals surface area contributed by atoms with Gasteiger partial charge in [0.05, 0.1) is 12.1 Å². The Hall–Kier alpha value is -0.980. The fraction of sp³-hybridized carbons (Fsp3) is 0.462. The number of halogens is 2. The Bertz CT molecular complexity index is 505. The molecule has 0 bridgehead atoms. The van der Waals surface area contributed by atoms with Crippen molar-refractivity contribution in [3.63, 3.8) is 0 Å². The van der Waals surface area contributed by atoms with E-state index in [1.165, 1.54) is 12.1 Å². The molecule has 4 nitrogen and oxygen atoms in total. The van der Waals surface area contributed by atoms with E-state index in [0.717, 1.165) is 6.42 Å². The zero-order chi connectivity index (χ0) is 13.6. The van der Waals surface area contributed by atoms with Gasteiger partial charge in [0.1, 0.15) is 5.82 Å². The molecule has 2 fully saturated rings. The molecule has 1 saturated carbocycles. The van der Waals surface area contributed by atoms with Crippen molar-refractivity contribution >= 4 is 21.8 Å². The smallest absolute Gasteiger partial charge is 0.251 e. The monoisotopic (exact) mass is 328 g/mol. The molecule has 1 aromatic rings. The number of carbonyl (C=O) groups is 1. The van der Waals surface area contributed by atoms with E-state index < -0.39 is 5.82 Å². The summed E-state index contributed by atoms with van der Waals surface area (Å²) < 4.78 is 19.3. The number of hydrogen-bond acceptors (Lipinski definition) is 3. The second-order valence-electron chi connectivity index (χ2n) is 5.02. The molecule has 1 aromatic carbocycles. The van der Waals surface area contributed by atoms with Crippen LogP contribution in [0.2, 0.25) is 0 Å². The van der Waals surface area contributed by atoms with Crippen molar-refractivity contribution in [2.24, 2.45) is 11.7 Å². The molecular formula is C13H14BrFN2O2. The third kappa shape index (κ3) is 2.28. The number of hydrogen-bond donors (Lipinski definition) is 2. The largest absolute Gasteiger partial charge is 0.376 e. The number of nitrogens with two attached hydrogens (primary N) is 1. The maximum atomic E-state index is 13.3. The van der Waals surface area contributed by atoms with Crippen molar-refractivity contribution in [1.82, 2.24) is 5.32 Å². The lowest BCUT2D eigenvalue weighted by Crippen LogP contribution is -2.68. The first kappa shape index (κ1) is 13.0. The van der Waals surface area contributed by atoms with Crippen LogP contribution < -0.4 is 11.1 Å². The van der Waals surface area contributed by atoms with Crippen molar-refractivity contribution < 1.29 is 13.9 Å². The van der Waals surface area contributed by atoms with E-state index in [4.69, 9.17) is 10.5 Å². The fourth-order valence-corrected chi connectivity index (χ4v) is 3.31. The normalized spacial score (nSPS) is 32.6. The van der Waals surface area contributed by atoms with E-state index in [1.807, 2.05) is 0 Å². The number of carbonyl (C=O) groups excluding carboxylic acids is 1. The maximum absolute atomic E-state index is 13.3. The Morgan fingerprint density at radius 1 is 1.47 bits per heavy atom. The average Bonchev–Trinajstić information content (AvgIpc) is 2.79. The predicted octanol–water partition coefficient (Wildman–Crippen LogP) is 1.43. The van der Waals surface area contributed by atoms with Crippen molar-refractivity contribution in [1.29, 1.82) is 0 Å². The van der Waals surface area contributed by atoms with Crippen LogP contribution in [0, 0.1) is 11.7 Å². The number of amides is 1. The van der Waals surface area contributed by atoms with Gasteiger partial charge >= 0.3 is 0 Å². The van der Waals surface area contributed by atoms with Crippen LogP contribution >= 0.6 is 15.9 Å². The fourth-order valence-electron chi connectivity index (χ4n) is 2.85. The summed E-state index contributed by atoms with van der Waals surface area (Å²) in [4.78, 5) is 12.1. The molecular weight excluding hydrogens is 315 g/mol. The van der Waals surface area contributed by atoms with Crippen LogP contribution in [0.4, 0.5) is 4.39 Å². The summed E-state index contributed by atoms with van der Waals surface area (Å²) in [5.41, 5.74) is 6.29. The van der Waals surface area contributed by atoms with Gasteiger partial charge in [-0.3, -0.25) is 4.79 Å². The summed E-state index contributed by atoms with van der Waals surface area (Å²) in [6.45, 7) is 0.695. The number of benzene rings is 1. The van der Waals surface area contributed by atoms with Crippen LogP contribution in [-0.2, 0) is 4.74 Å². The van der Waals surface area contributed by atoms with E-state index >= 15 is 0 Å². The Balaban J connectivity index is 1.71. The quantitative estimate of drug-likeness (QED) is 0.863. The van der Waals surface area contributed by atoms with Crippen LogP contribution in [0.3, 0.4) is 0 Å². The lowest BCUT2D eigenvalue weighted by molar-refractivity contribution is -0.0161. The van der Waals surface area contributed by atoms with Gasteiger partial charge in [-0.15, -0.1) is 0 Å². The van der Waals surface area contributed by atoms with Crippen molar-refractivity contribution in [3.05, 3.63) is 34.1 Å². The predicted molar refractivity (Wildman–Crippen MR) is 71.2 cm³/mol. The van der Waals surface area contributed by atoms with Crippen LogP contribution in [0.1, 0.15) is 16.8 Å². The first-order valence-electron chi connectivity index (χ1n) is 6.20. The van der Waals surface area contributed by atoms with Gasteiger partial charge in [0.25, 0.3) is 5.91 Å². The minimum atomic E-state index is -0.451. The van der Waals surface area contributed by atoms with Crippen molar-refractivity contribution in [2.45, 2.75) is 24.6 Å². The third-order valence-electron chi connectivity index (χ3n) is 3.87. The van der Waals surface area contributed by atoms with Crippen LogP contribution in [-0.4, -0.2) is 30.7 Å². The standard InChI is InChI=1S/C13H14BrFN2O2/c14-7-3-6(4-8(15)5-7)13(18)17-11-10(16)9-1-2-19-12(9)11/h3-5,9-12H,1-2,16H2,(H,17,18). The lowest BCUT2D eigenvalue weighted by Gasteiger charge is -2.45. The molecule has 19 heavy (non-hydrogen) atoms. The van der Waals surface area contributed by atoms with Gasteiger partial charge in [0.15, 0.2) is 0 Å². The van der Waals surface area contributed by atoms with Gasteiger partial charge < -0.3 is 15.8 Å². The van der Waals surface area contributed by atoms with Crippen LogP contribution in [0.25, 0.3) is 0 Å². The van der Waals surface area contributed by atoms with Crippen molar-refractivity contribution in [3.8, 4) is 0 Å². The maximum Gasteiger partial charge on any atom is 0.251 e. The lowest BCUT2D eigenvalue weighted by atomic mass is 9.72. The topological polar surface area (TPSA) is 64.3 Å². The van der Waals surface area contributed by atoms with Gasteiger partial charge in [-0.1, -0.05) is 15.9 Å². The molecule has 3 rings (SSSR count). The third-order valence-corrected chi connectivity index (χ3v) is 4.33. The first-order chi connectivity index (χ1) is 9.06. The second-order valence-corrected chi connectivity index (χ2v) is 5.94. The molecule has 6 heteroatoms. The van der Waals surface area contributed by atoms with Gasteiger partial charge in [-0.25, -0.2) is 4.39 Å². The molecule has 0 spiro atoms. The van der Waals surface area contributed by atoms with Crippen LogP contribution in [0.15, 0.2) is 22.7 Å². The van der Waals surface area contributed by atoms with Crippen molar-refractivity contribution in [2.75, 3.05) is 6.61 Å². The summed E-state index contributed by atoms with van der Waals surface area (Å²) in [6.07, 6.45) is 0.958. The highest BCUT2D eigenvalue weighted by molar-refractivity contribution is 9.10. The zero-order valence-corrected chi connectivity index (χ0v) is 11.7. The highest BCUT2D eigenvalue weighted by Gasteiger charge is 2.52. The number of fused-ring (bicyclic) bond motifs is 1. The molecule has 1 heterocycles. The molecule has 4 atom stereocenters. The number of rotatable bonds is 2. The molecule has 4 unspecified atom stereocenters. The number of ether oxygens (including phenoxy) is 1. The molecule has 2 aliphatic rings. The molecule has 0 radical (unpaired) electrons. The summed E-state index contributed by atoms with van der Waals surface area (Å²) >= 11 is 3.17.